The number of rotatable bonds is 6. The van der Waals surface area contributed by atoms with Crippen molar-refractivity contribution < 1.29 is 13.2 Å². The van der Waals surface area contributed by atoms with Gasteiger partial charge in [-0.25, -0.2) is 13.2 Å². The van der Waals surface area contributed by atoms with Gasteiger partial charge in [-0.2, -0.15) is 4.31 Å². The minimum absolute atomic E-state index is 0.115. The predicted octanol–water partition coefficient (Wildman–Crippen LogP) is 4.08. The van der Waals surface area contributed by atoms with Crippen molar-refractivity contribution in [2.75, 3.05) is 13.1 Å². The second kappa shape index (κ2) is 9.61. The molecule has 0 unspecified atom stereocenters. The monoisotopic (exact) mass is 435 g/mol. The summed E-state index contributed by atoms with van der Waals surface area (Å²) in [4.78, 5) is 12.6. The fourth-order valence-corrected chi connectivity index (χ4v) is 5.51. The van der Waals surface area contributed by atoms with E-state index < -0.39 is 10.0 Å². The molecule has 2 N–H and O–H groups in total. The van der Waals surface area contributed by atoms with Crippen LogP contribution in [0.15, 0.2) is 53.4 Å². The molecule has 0 radical (unpaired) electrons. The van der Waals surface area contributed by atoms with E-state index in [9.17, 15) is 13.2 Å². The summed E-state index contributed by atoms with van der Waals surface area (Å²) in [6.45, 7) is 3.04. The van der Waals surface area contributed by atoms with Crippen LogP contribution in [0.25, 0.3) is 0 Å². The van der Waals surface area contributed by atoms with E-state index in [-0.39, 0.29) is 23.5 Å². The number of carbonyl (C=O) groups is 1. The second-order valence-corrected chi connectivity index (χ2v) is 9.46. The van der Waals surface area contributed by atoms with E-state index in [2.05, 4.69) is 10.6 Å². The molecule has 1 atom stereocenters. The molecule has 2 aromatic rings. The van der Waals surface area contributed by atoms with Gasteiger partial charge in [0.05, 0.1) is 10.9 Å². The number of piperidine rings is 1. The standard InChI is InChI=1S/C21H26ClN3O3S/c1-16(18-10-4-5-11-19(18)22)24-21(26)23-15-17-9-3-6-12-20(17)29(27,28)25-13-7-2-8-14-25/h3-6,9-12,16H,2,7-8,13-15H2,1H3,(H2,23,24,26)/t16-/m0/s1. The maximum absolute atomic E-state index is 13.0. The van der Waals surface area contributed by atoms with Crippen molar-refractivity contribution in [1.82, 2.24) is 14.9 Å². The van der Waals surface area contributed by atoms with Crippen LogP contribution >= 0.6 is 11.6 Å². The average Bonchev–Trinajstić information content (AvgIpc) is 2.73. The summed E-state index contributed by atoms with van der Waals surface area (Å²) >= 11 is 6.18. The van der Waals surface area contributed by atoms with Gasteiger partial charge in [-0.1, -0.05) is 54.4 Å². The summed E-state index contributed by atoms with van der Waals surface area (Å²) in [7, 11) is -3.57. The fourth-order valence-electron chi connectivity index (χ4n) is 3.47. The lowest BCUT2D eigenvalue weighted by molar-refractivity contribution is 0.237. The molecule has 0 bridgehead atoms. The Labute approximate surface area is 177 Å². The van der Waals surface area contributed by atoms with E-state index in [0.717, 1.165) is 24.8 Å². The summed E-state index contributed by atoms with van der Waals surface area (Å²) in [6, 6.07) is 13.5. The third-order valence-corrected chi connectivity index (χ3v) is 7.41. The van der Waals surface area contributed by atoms with Gasteiger partial charge < -0.3 is 10.6 Å². The van der Waals surface area contributed by atoms with Gasteiger partial charge in [-0.05, 0) is 43.0 Å². The Kier molecular flexibility index (Phi) is 7.16. The molecular weight excluding hydrogens is 410 g/mol. The number of hydrogen-bond donors (Lipinski definition) is 2. The molecule has 3 rings (SSSR count). The minimum atomic E-state index is -3.57. The van der Waals surface area contributed by atoms with Crippen LogP contribution in [-0.4, -0.2) is 31.8 Å². The summed E-state index contributed by atoms with van der Waals surface area (Å²) in [5.74, 6) is 0. The summed E-state index contributed by atoms with van der Waals surface area (Å²) in [5.41, 5.74) is 1.39. The van der Waals surface area contributed by atoms with Crippen LogP contribution in [0.1, 0.15) is 43.4 Å². The Morgan fingerprint density at radius 3 is 2.45 bits per heavy atom. The van der Waals surface area contributed by atoms with Gasteiger partial charge in [0.1, 0.15) is 0 Å². The first-order valence-corrected chi connectivity index (χ1v) is 11.6. The maximum atomic E-state index is 13.0. The van der Waals surface area contributed by atoms with E-state index >= 15 is 0 Å². The Balaban J connectivity index is 1.67. The molecule has 1 saturated heterocycles. The van der Waals surface area contributed by atoms with Gasteiger partial charge in [0.2, 0.25) is 10.0 Å². The van der Waals surface area contributed by atoms with Crippen LogP contribution in [0.4, 0.5) is 4.79 Å². The summed E-state index contributed by atoms with van der Waals surface area (Å²) in [5, 5.41) is 6.17. The number of amides is 2. The molecule has 2 amide bonds. The van der Waals surface area contributed by atoms with E-state index in [1.165, 1.54) is 4.31 Å². The molecule has 1 aliphatic rings. The first-order valence-electron chi connectivity index (χ1n) is 9.76. The molecule has 29 heavy (non-hydrogen) atoms. The number of hydrogen-bond acceptors (Lipinski definition) is 3. The van der Waals surface area contributed by atoms with Crippen LogP contribution in [0.3, 0.4) is 0 Å². The smallest absolute Gasteiger partial charge is 0.315 e. The van der Waals surface area contributed by atoms with E-state index in [1.807, 2.05) is 25.1 Å². The molecule has 156 valence electrons. The summed E-state index contributed by atoms with van der Waals surface area (Å²) < 4.78 is 27.6. The third-order valence-electron chi connectivity index (χ3n) is 5.06. The molecule has 0 aliphatic carbocycles. The van der Waals surface area contributed by atoms with Crippen molar-refractivity contribution in [2.24, 2.45) is 0 Å². The van der Waals surface area contributed by atoms with Gasteiger partial charge in [0.25, 0.3) is 0 Å². The SMILES string of the molecule is C[C@H](NC(=O)NCc1ccccc1S(=O)(=O)N1CCCCC1)c1ccccc1Cl. The number of sulfonamides is 1. The molecule has 0 aromatic heterocycles. The number of urea groups is 1. The number of halogens is 1. The van der Waals surface area contributed by atoms with Crippen molar-refractivity contribution in [2.45, 2.75) is 43.7 Å². The molecule has 1 aliphatic heterocycles. The van der Waals surface area contributed by atoms with Crippen molar-refractivity contribution in [1.29, 1.82) is 0 Å². The van der Waals surface area contributed by atoms with Crippen molar-refractivity contribution >= 4 is 27.7 Å². The van der Waals surface area contributed by atoms with Crippen molar-refractivity contribution in [3.05, 3.63) is 64.7 Å². The van der Waals surface area contributed by atoms with Crippen LogP contribution in [0.2, 0.25) is 5.02 Å². The quantitative estimate of drug-likeness (QED) is 0.717. The zero-order valence-electron chi connectivity index (χ0n) is 16.4. The molecule has 0 spiro atoms. The highest BCUT2D eigenvalue weighted by Gasteiger charge is 2.28. The van der Waals surface area contributed by atoms with E-state index in [4.69, 9.17) is 11.6 Å². The first-order chi connectivity index (χ1) is 13.9. The number of nitrogens with one attached hydrogen (secondary N) is 2. The average molecular weight is 436 g/mol. The van der Waals surface area contributed by atoms with E-state index in [0.29, 0.717) is 23.7 Å². The first kappa shape index (κ1) is 21.6. The van der Waals surface area contributed by atoms with Gasteiger partial charge in [0.15, 0.2) is 0 Å². The highest BCUT2D eigenvalue weighted by atomic mass is 35.5. The minimum Gasteiger partial charge on any atom is -0.334 e. The highest BCUT2D eigenvalue weighted by molar-refractivity contribution is 7.89. The molecular formula is C21H26ClN3O3S. The number of nitrogens with zero attached hydrogens (tertiary/aromatic N) is 1. The second-order valence-electron chi connectivity index (χ2n) is 7.14. The van der Waals surface area contributed by atoms with Crippen molar-refractivity contribution in [3.63, 3.8) is 0 Å². The Morgan fingerprint density at radius 1 is 1.07 bits per heavy atom. The molecule has 1 heterocycles. The van der Waals surface area contributed by atoms with Gasteiger partial charge >= 0.3 is 6.03 Å². The zero-order chi connectivity index (χ0) is 20.9. The lowest BCUT2D eigenvalue weighted by Gasteiger charge is -2.27. The number of carbonyl (C=O) groups excluding carboxylic acids is 1. The fraction of sp³-hybridized carbons (Fsp3) is 0.381. The molecule has 2 aromatic carbocycles. The normalized spacial score (nSPS) is 16.2. The van der Waals surface area contributed by atoms with Crippen LogP contribution in [0, 0.1) is 0 Å². The Bertz CT molecular complexity index is 959. The van der Waals surface area contributed by atoms with Crippen molar-refractivity contribution in [3.8, 4) is 0 Å². The Hall–Kier alpha value is -2.09. The van der Waals surface area contributed by atoms with Gasteiger partial charge in [-0.3, -0.25) is 0 Å². The molecule has 0 saturated carbocycles. The molecule has 8 heteroatoms. The molecule has 1 fully saturated rings. The largest absolute Gasteiger partial charge is 0.334 e. The molecule has 6 nitrogen and oxygen atoms in total. The lowest BCUT2D eigenvalue weighted by Crippen LogP contribution is -2.38. The lowest BCUT2D eigenvalue weighted by atomic mass is 10.1. The van der Waals surface area contributed by atoms with Crippen LogP contribution in [-0.2, 0) is 16.6 Å². The van der Waals surface area contributed by atoms with Crippen LogP contribution < -0.4 is 10.6 Å². The van der Waals surface area contributed by atoms with Crippen LogP contribution in [0.5, 0.6) is 0 Å². The van der Waals surface area contributed by atoms with E-state index in [1.54, 1.807) is 30.3 Å². The zero-order valence-corrected chi connectivity index (χ0v) is 18.0. The third kappa shape index (κ3) is 5.29. The topological polar surface area (TPSA) is 78.5 Å². The van der Waals surface area contributed by atoms with Gasteiger partial charge in [0, 0.05) is 24.7 Å². The number of benzene rings is 2. The summed E-state index contributed by atoms with van der Waals surface area (Å²) in [6.07, 6.45) is 2.81. The predicted molar refractivity (Wildman–Crippen MR) is 114 cm³/mol. The highest BCUT2D eigenvalue weighted by Crippen LogP contribution is 2.24. The Morgan fingerprint density at radius 2 is 1.72 bits per heavy atom. The maximum Gasteiger partial charge on any atom is 0.315 e. The van der Waals surface area contributed by atoms with Gasteiger partial charge in [-0.15, -0.1) is 0 Å².